The van der Waals surface area contributed by atoms with Crippen molar-refractivity contribution in [1.29, 1.82) is 0 Å². The first-order valence-electron chi connectivity index (χ1n) is 4.52. The zero-order chi connectivity index (χ0) is 9.84. The molecule has 0 fully saturated rings. The highest BCUT2D eigenvalue weighted by Crippen LogP contribution is 2.29. The van der Waals surface area contributed by atoms with Gasteiger partial charge in [0, 0.05) is 10.6 Å². The molecule has 0 atom stereocenters. The van der Waals surface area contributed by atoms with Gasteiger partial charge in [-0.05, 0) is 24.4 Å². The van der Waals surface area contributed by atoms with Gasteiger partial charge in [-0.25, -0.2) is 0 Å². The van der Waals surface area contributed by atoms with E-state index in [9.17, 15) is 0 Å². The van der Waals surface area contributed by atoms with Gasteiger partial charge in [-0.2, -0.15) is 0 Å². The first kappa shape index (κ1) is 10.1. The van der Waals surface area contributed by atoms with Crippen LogP contribution in [0.4, 0.5) is 5.69 Å². The number of anilines is 1. The van der Waals surface area contributed by atoms with E-state index in [2.05, 4.69) is 19.1 Å². The maximum Gasteiger partial charge on any atom is 0.0575 e. The van der Waals surface area contributed by atoms with E-state index in [0.29, 0.717) is 0 Å². The summed E-state index contributed by atoms with van der Waals surface area (Å²) in [5, 5.41) is 1.26. The summed E-state index contributed by atoms with van der Waals surface area (Å²) in [4.78, 5) is 1.32. The summed E-state index contributed by atoms with van der Waals surface area (Å²) in [6, 6.07) is 8.19. The van der Waals surface area contributed by atoms with Crippen LogP contribution >= 0.6 is 11.3 Å². The Morgan fingerprint density at radius 3 is 2.54 bits per heavy atom. The molecule has 2 rings (SSSR count). The van der Waals surface area contributed by atoms with Gasteiger partial charge < -0.3 is 5.73 Å². The van der Waals surface area contributed by atoms with Crippen LogP contribution in [0.15, 0.2) is 24.3 Å². The van der Waals surface area contributed by atoms with Crippen molar-refractivity contribution in [2.24, 2.45) is 0 Å². The lowest BCUT2D eigenvalue weighted by Crippen LogP contribution is -1.81. The van der Waals surface area contributed by atoms with E-state index >= 15 is 0 Å². The van der Waals surface area contributed by atoms with E-state index in [1.54, 1.807) is 11.3 Å². The number of aryl methyl sites for hydroxylation is 1. The summed E-state index contributed by atoms with van der Waals surface area (Å²) in [6.45, 7) is 6.10. The Bertz CT molecular complexity index is 390. The summed E-state index contributed by atoms with van der Waals surface area (Å²) < 4.78 is 1.21. The standard InChI is InChI=1S/C9H9NS.C2H6/c1-6-5-7-3-2-4-8(10)9(7)11-6;1-2/h2-5H,10H2,1H3;1-2H3. The Morgan fingerprint density at radius 1 is 1.23 bits per heavy atom. The molecule has 2 heteroatoms. The molecule has 0 saturated heterocycles. The van der Waals surface area contributed by atoms with Gasteiger partial charge in [0.25, 0.3) is 0 Å². The van der Waals surface area contributed by atoms with Gasteiger partial charge >= 0.3 is 0 Å². The Morgan fingerprint density at radius 2 is 1.92 bits per heavy atom. The van der Waals surface area contributed by atoms with E-state index in [1.807, 2.05) is 26.0 Å². The van der Waals surface area contributed by atoms with Crippen LogP contribution in [0.1, 0.15) is 18.7 Å². The van der Waals surface area contributed by atoms with E-state index in [1.165, 1.54) is 15.0 Å². The average molecular weight is 193 g/mol. The van der Waals surface area contributed by atoms with Crippen molar-refractivity contribution in [1.82, 2.24) is 0 Å². The minimum atomic E-state index is 0.889. The number of hydrogen-bond donors (Lipinski definition) is 1. The molecule has 0 aliphatic rings. The van der Waals surface area contributed by atoms with Crippen molar-refractivity contribution < 1.29 is 0 Å². The summed E-state index contributed by atoms with van der Waals surface area (Å²) in [7, 11) is 0. The molecular weight excluding hydrogens is 178 g/mol. The fourth-order valence-corrected chi connectivity index (χ4v) is 2.15. The van der Waals surface area contributed by atoms with Crippen LogP contribution in [0.2, 0.25) is 0 Å². The first-order chi connectivity index (χ1) is 6.27. The second kappa shape index (κ2) is 4.28. The molecule has 0 aliphatic carbocycles. The van der Waals surface area contributed by atoms with Crippen LogP contribution in [0.5, 0.6) is 0 Å². The van der Waals surface area contributed by atoms with Gasteiger partial charge in [0.1, 0.15) is 0 Å². The average Bonchev–Trinajstić information content (AvgIpc) is 2.51. The van der Waals surface area contributed by atoms with Crippen molar-refractivity contribution in [3.8, 4) is 0 Å². The van der Waals surface area contributed by atoms with Crippen LogP contribution in [0.25, 0.3) is 10.1 Å². The zero-order valence-corrected chi connectivity index (χ0v) is 9.11. The number of hydrogen-bond acceptors (Lipinski definition) is 2. The highest BCUT2D eigenvalue weighted by Gasteiger charge is 1.99. The molecule has 2 aromatic rings. The maximum atomic E-state index is 5.78. The molecule has 0 radical (unpaired) electrons. The zero-order valence-electron chi connectivity index (χ0n) is 8.29. The Labute approximate surface area is 83.2 Å². The van der Waals surface area contributed by atoms with Crippen LogP contribution in [0, 0.1) is 6.92 Å². The third-order valence-corrected chi connectivity index (χ3v) is 2.81. The van der Waals surface area contributed by atoms with Gasteiger partial charge in [-0.1, -0.05) is 26.0 Å². The normalized spacial score (nSPS) is 9.46. The Balaban J connectivity index is 0.000000396. The van der Waals surface area contributed by atoms with Crippen molar-refractivity contribution in [2.75, 3.05) is 5.73 Å². The molecule has 0 aliphatic heterocycles. The predicted molar refractivity (Wildman–Crippen MR) is 62.3 cm³/mol. The van der Waals surface area contributed by atoms with Gasteiger partial charge in [-0.15, -0.1) is 11.3 Å². The molecule has 13 heavy (non-hydrogen) atoms. The molecule has 0 saturated carbocycles. The van der Waals surface area contributed by atoms with Gasteiger partial charge in [0.05, 0.1) is 4.70 Å². The maximum absolute atomic E-state index is 5.78. The van der Waals surface area contributed by atoms with E-state index in [4.69, 9.17) is 5.73 Å². The van der Waals surface area contributed by atoms with Crippen LogP contribution in [0.3, 0.4) is 0 Å². The van der Waals surface area contributed by atoms with E-state index in [-0.39, 0.29) is 0 Å². The van der Waals surface area contributed by atoms with Crippen molar-refractivity contribution in [3.63, 3.8) is 0 Å². The number of fused-ring (bicyclic) bond motifs is 1. The van der Waals surface area contributed by atoms with Crippen molar-refractivity contribution >= 4 is 27.1 Å². The summed E-state index contributed by atoms with van der Waals surface area (Å²) in [5.41, 5.74) is 6.67. The third kappa shape index (κ3) is 2.01. The number of benzene rings is 1. The van der Waals surface area contributed by atoms with Gasteiger partial charge in [0.2, 0.25) is 0 Å². The number of thiophene rings is 1. The topological polar surface area (TPSA) is 26.0 Å². The molecule has 0 amide bonds. The smallest absolute Gasteiger partial charge is 0.0575 e. The molecule has 0 unspecified atom stereocenters. The van der Waals surface area contributed by atoms with Gasteiger partial charge in [-0.3, -0.25) is 0 Å². The Kier molecular flexibility index (Phi) is 3.32. The molecule has 1 heterocycles. The molecule has 0 bridgehead atoms. The molecule has 1 nitrogen and oxygen atoms in total. The lowest BCUT2D eigenvalue weighted by Gasteiger charge is -1.91. The monoisotopic (exact) mass is 193 g/mol. The Hall–Kier alpha value is -1.02. The lowest BCUT2D eigenvalue weighted by atomic mass is 10.2. The van der Waals surface area contributed by atoms with E-state index < -0.39 is 0 Å². The molecular formula is C11H15NS. The fourth-order valence-electron chi connectivity index (χ4n) is 1.21. The second-order valence-corrected chi connectivity index (χ2v) is 3.88. The number of rotatable bonds is 0. The number of nitrogen functional groups attached to an aromatic ring is 1. The quantitative estimate of drug-likeness (QED) is 0.632. The summed E-state index contributed by atoms with van der Waals surface area (Å²) >= 11 is 1.75. The van der Waals surface area contributed by atoms with Crippen molar-refractivity contribution in [3.05, 3.63) is 29.1 Å². The van der Waals surface area contributed by atoms with Crippen LogP contribution in [-0.2, 0) is 0 Å². The van der Waals surface area contributed by atoms with Crippen LogP contribution in [-0.4, -0.2) is 0 Å². The molecule has 70 valence electrons. The SMILES string of the molecule is CC.Cc1cc2cccc(N)c2s1. The minimum absolute atomic E-state index is 0.889. The van der Waals surface area contributed by atoms with Crippen molar-refractivity contribution in [2.45, 2.75) is 20.8 Å². The lowest BCUT2D eigenvalue weighted by molar-refractivity contribution is 1.50. The second-order valence-electron chi connectivity index (χ2n) is 2.62. The molecule has 1 aromatic carbocycles. The largest absolute Gasteiger partial charge is 0.398 e. The van der Waals surface area contributed by atoms with Gasteiger partial charge in [0.15, 0.2) is 0 Å². The fraction of sp³-hybridized carbons (Fsp3) is 0.273. The minimum Gasteiger partial charge on any atom is -0.398 e. The van der Waals surface area contributed by atoms with E-state index in [0.717, 1.165) is 5.69 Å². The van der Waals surface area contributed by atoms with Crippen LogP contribution < -0.4 is 5.73 Å². The summed E-state index contributed by atoms with van der Waals surface area (Å²) in [6.07, 6.45) is 0. The highest BCUT2D eigenvalue weighted by atomic mass is 32.1. The number of nitrogens with two attached hydrogens (primary N) is 1. The molecule has 1 aromatic heterocycles. The summed E-state index contributed by atoms with van der Waals surface area (Å²) in [5.74, 6) is 0. The molecule has 2 N–H and O–H groups in total. The first-order valence-corrected chi connectivity index (χ1v) is 5.33. The predicted octanol–water partition coefficient (Wildman–Crippen LogP) is 3.82. The third-order valence-electron chi connectivity index (χ3n) is 1.70. The molecule has 0 spiro atoms. The highest BCUT2D eigenvalue weighted by molar-refractivity contribution is 7.19.